The second-order valence-corrected chi connectivity index (χ2v) is 4.73. The predicted octanol–water partition coefficient (Wildman–Crippen LogP) is 2.98. The largest absolute Gasteiger partial charge is 0.425 e. The first-order valence-electron chi connectivity index (χ1n) is 3.72. The number of hydrogen-bond donors (Lipinski definition) is 0. The number of ether oxygens (including phenoxy) is 1. The van der Waals surface area contributed by atoms with Crippen LogP contribution in [0.15, 0.2) is 29.2 Å². The van der Waals surface area contributed by atoms with Gasteiger partial charge in [0.25, 0.3) is 0 Å². The number of esters is 1. The molecule has 0 aliphatic rings. The molecule has 0 spiro atoms. The van der Waals surface area contributed by atoms with Crippen molar-refractivity contribution in [3.63, 3.8) is 0 Å². The van der Waals surface area contributed by atoms with Crippen LogP contribution in [-0.2, 0) is 4.79 Å². The Morgan fingerprint density at radius 2 is 2.08 bits per heavy atom. The molecule has 0 amide bonds. The molecule has 0 atom stereocenters. The van der Waals surface area contributed by atoms with Gasteiger partial charge in [-0.15, -0.1) is 0 Å². The Bertz CT molecular complexity index is 299. The summed E-state index contributed by atoms with van der Waals surface area (Å²) >= 11 is 0. The molecule has 0 N–H and O–H groups in total. The Labute approximate surface area is 85.4 Å². The van der Waals surface area contributed by atoms with E-state index in [-0.39, 0.29) is 5.97 Å². The van der Waals surface area contributed by atoms with E-state index in [1.807, 2.05) is 24.5 Å². The van der Waals surface area contributed by atoms with Gasteiger partial charge in [0, 0.05) is 6.92 Å². The van der Waals surface area contributed by atoms with Crippen molar-refractivity contribution in [2.75, 3.05) is 6.26 Å². The molecule has 0 heterocycles. The minimum atomic E-state index is -0.283. The fourth-order valence-electron chi connectivity index (χ4n) is 0.848. The second-order valence-electron chi connectivity index (χ2n) is 2.29. The van der Waals surface area contributed by atoms with Gasteiger partial charge < -0.3 is 4.74 Å². The summed E-state index contributed by atoms with van der Waals surface area (Å²) in [5.41, 5.74) is 0. The van der Waals surface area contributed by atoms with Crippen molar-refractivity contribution < 1.29 is 9.53 Å². The SMILES string of the molecule is CSSc1ccccc1OC(C)=O. The predicted molar refractivity (Wildman–Crippen MR) is 57.1 cm³/mol. The molecule has 0 radical (unpaired) electrons. The lowest BCUT2D eigenvalue weighted by Gasteiger charge is -2.05. The van der Waals surface area contributed by atoms with Crippen molar-refractivity contribution in [2.45, 2.75) is 11.8 Å². The fraction of sp³-hybridized carbons (Fsp3) is 0.222. The summed E-state index contributed by atoms with van der Waals surface area (Å²) < 4.78 is 5.02. The number of para-hydroxylation sites is 1. The maximum atomic E-state index is 10.7. The number of rotatable bonds is 3. The van der Waals surface area contributed by atoms with Crippen LogP contribution in [0, 0.1) is 0 Å². The highest BCUT2D eigenvalue weighted by Crippen LogP contribution is 2.35. The number of benzene rings is 1. The highest BCUT2D eigenvalue weighted by Gasteiger charge is 2.04. The summed E-state index contributed by atoms with van der Waals surface area (Å²) in [5, 5.41) is 0. The molecule has 13 heavy (non-hydrogen) atoms. The normalized spacial score (nSPS) is 9.69. The second kappa shape index (κ2) is 5.19. The van der Waals surface area contributed by atoms with E-state index in [9.17, 15) is 4.79 Å². The van der Waals surface area contributed by atoms with E-state index in [0.29, 0.717) is 5.75 Å². The Kier molecular flexibility index (Phi) is 4.18. The van der Waals surface area contributed by atoms with Crippen molar-refractivity contribution in [1.82, 2.24) is 0 Å². The molecule has 1 aromatic rings. The third kappa shape index (κ3) is 3.32. The van der Waals surface area contributed by atoms with Gasteiger partial charge in [-0.1, -0.05) is 33.7 Å². The number of hydrogen-bond acceptors (Lipinski definition) is 4. The molecular weight excluding hydrogens is 204 g/mol. The van der Waals surface area contributed by atoms with Gasteiger partial charge >= 0.3 is 5.97 Å². The minimum absolute atomic E-state index is 0.283. The van der Waals surface area contributed by atoms with E-state index in [1.54, 1.807) is 27.7 Å². The van der Waals surface area contributed by atoms with Gasteiger partial charge in [0.2, 0.25) is 0 Å². The molecule has 1 rings (SSSR count). The van der Waals surface area contributed by atoms with E-state index in [1.165, 1.54) is 6.92 Å². The molecule has 1 aromatic carbocycles. The van der Waals surface area contributed by atoms with Gasteiger partial charge in [0.15, 0.2) is 0 Å². The lowest BCUT2D eigenvalue weighted by Crippen LogP contribution is -2.01. The van der Waals surface area contributed by atoms with E-state index in [4.69, 9.17) is 4.74 Å². The summed E-state index contributed by atoms with van der Waals surface area (Å²) in [6, 6.07) is 7.49. The van der Waals surface area contributed by atoms with Gasteiger partial charge in [0.1, 0.15) is 5.75 Å². The van der Waals surface area contributed by atoms with Crippen LogP contribution in [0.25, 0.3) is 0 Å². The van der Waals surface area contributed by atoms with Crippen molar-refractivity contribution in [3.8, 4) is 5.75 Å². The van der Waals surface area contributed by atoms with Crippen LogP contribution in [0.2, 0.25) is 0 Å². The zero-order valence-electron chi connectivity index (χ0n) is 7.44. The highest BCUT2D eigenvalue weighted by molar-refractivity contribution is 8.76. The van der Waals surface area contributed by atoms with Crippen LogP contribution in [0.1, 0.15) is 6.92 Å². The van der Waals surface area contributed by atoms with Gasteiger partial charge in [-0.25, -0.2) is 0 Å². The van der Waals surface area contributed by atoms with Gasteiger partial charge in [-0.2, -0.15) is 0 Å². The molecule has 0 saturated carbocycles. The highest BCUT2D eigenvalue weighted by atomic mass is 33.1. The average molecular weight is 214 g/mol. The monoisotopic (exact) mass is 214 g/mol. The quantitative estimate of drug-likeness (QED) is 0.439. The number of carbonyl (C=O) groups excluding carboxylic acids is 1. The van der Waals surface area contributed by atoms with Crippen LogP contribution in [0.3, 0.4) is 0 Å². The standard InChI is InChI=1S/C9H10O2S2/c1-7(10)11-8-5-3-4-6-9(8)13-12-2/h3-6H,1-2H3. The van der Waals surface area contributed by atoms with Crippen molar-refractivity contribution >= 4 is 27.6 Å². The molecule has 0 bridgehead atoms. The first-order chi connectivity index (χ1) is 6.24. The lowest BCUT2D eigenvalue weighted by atomic mass is 10.3. The maximum Gasteiger partial charge on any atom is 0.308 e. The summed E-state index contributed by atoms with van der Waals surface area (Å²) in [4.78, 5) is 11.7. The first-order valence-corrected chi connectivity index (χ1v) is 6.28. The summed E-state index contributed by atoms with van der Waals surface area (Å²) in [6.45, 7) is 1.40. The average Bonchev–Trinajstić information content (AvgIpc) is 2.08. The van der Waals surface area contributed by atoms with Crippen molar-refractivity contribution in [3.05, 3.63) is 24.3 Å². The molecule has 0 aliphatic heterocycles. The Balaban J connectivity index is 2.84. The lowest BCUT2D eigenvalue weighted by molar-refractivity contribution is -0.132. The van der Waals surface area contributed by atoms with E-state index in [2.05, 4.69) is 0 Å². The van der Waals surface area contributed by atoms with Crippen LogP contribution in [0.4, 0.5) is 0 Å². The molecule has 2 nitrogen and oxygen atoms in total. The third-order valence-electron chi connectivity index (χ3n) is 1.28. The topological polar surface area (TPSA) is 26.3 Å². The smallest absolute Gasteiger partial charge is 0.308 e. The fourth-order valence-corrected chi connectivity index (χ4v) is 2.31. The summed E-state index contributed by atoms with van der Waals surface area (Å²) in [6.07, 6.45) is 1.98. The van der Waals surface area contributed by atoms with E-state index in [0.717, 1.165) is 4.90 Å². The molecule has 70 valence electrons. The third-order valence-corrected chi connectivity index (χ3v) is 3.00. The van der Waals surface area contributed by atoms with Crippen molar-refractivity contribution in [1.29, 1.82) is 0 Å². The molecule has 0 saturated heterocycles. The molecule has 0 unspecified atom stereocenters. The van der Waals surface area contributed by atoms with E-state index >= 15 is 0 Å². The molecule has 0 fully saturated rings. The Morgan fingerprint density at radius 1 is 1.38 bits per heavy atom. The number of carbonyl (C=O) groups is 1. The van der Waals surface area contributed by atoms with Crippen LogP contribution in [-0.4, -0.2) is 12.2 Å². The van der Waals surface area contributed by atoms with Gasteiger partial charge in [-0.05, 0) is 18.4 Å². The van der Waals surface area contributed by atoms with Gasteiger partial charge in [0.05, 0.1) is 4.90 Å². The first kappa shape index (κ1) is 10.5. The Morgan fingerprint density at radius 3 is 2.69 bits per heavy atom. The van der Waals surface area contributed by atoms with Crippen LogP contribution >= 0.6 is 21.6 Å². The summed E-state index contributed by atoms with van der Waals surface area (Å²) in [5.74, 6) is 0.350. The van der Waals surface area contributed by atoms with E-state index < -0.39 is 0 Å². The molecule has 4 heteroatoms. The molecular formula is C9H10O2S2. The molecule has 0 aliphatic carbocycles. The molecule has 0 aromatic heterocycles. The van der Waals surface area contributed by atoms with Crippen LogP contribution < -0.4 is 4.74 Å². The Hall–Kier alpha value is -0.610. The van der Waals surface area contributed by atoms with Crippen LogP contribution in [0.5, 0.6) is 5.75 Å². The minimum Gasteiger partial charge on any atom is -0.425 e. The zero-order chi connectivity index (χ0) is 9.68. The maximum absolute atomic E-state index is 10.7. The van der Waals surface area contributed by atoms with Gasteiger partial charge in [-0.3, -0.25) is 4.79 Å². The van der Waals surface area contributed by atoms with Crippen molar-refractivity contribution in [2.24, 2.45) is 0 Å². The zero-order valence-corrected chi connectivity index (χ0v) is 9.08. The summed E-state index contributed by atoms with van der Waals surface area (Å²) in [7, 11) is 3.20.